The highest BCUT2D eigenvalue weighted by molar-refractivity contribution is 6.15. The van der Waals surface area contributed by atoms with Gasteiger partial charge in [-0.15, -0.1) is 0 Å². The van der Waals surface area contributed by atoms with Gasteiger partial charge in [0.05, 0.1) is 79.7 Å². The first-order chi connectivity index (χ1) is 52.5. The summed E-state index contributed by atoms with van der Waals surface area (Å²) in [5.74, 6) is 1.87. The minimum Gasteiger partial charge on any atom is -0.459 e. The predicted molar refractivity (Wildman–Crippen MR) is 454 cm³/mol. The van der Waals surface area contributed by atoms with E-state index in [4.69, 9.17) is 16.3 Å². The average molecular weight is 1410 g/mol. The number of aromatic nitrogens is 6. The summed E-state index contributed by atoms with van der Waals surface area (Å²) in [7, 11) is 0. The molecule has 0 amide bonds. The van der Waals surface area contributed by atoms with Crippen molar-refractivity contribution in [2.45, 2.75) is 105 Å². The highest BCUT2D eigenvalue weighted by Gasteiger charge is 2.27. The summed E-state index contributed by atoms with van der Waals surface area (Å²) in [6.45, 7) is 36.3. The molecular formula is C101H85N7O. The van der Waals surface area contributed by atoms with Crippen molar-refractivity contribution in [1.82, 2.24) is 23.3 Å². The Balaban J connectivity index is 0.823. The fraction of sp³-hybridized carbons (Fsp3) is 0.158. The Morgan fingerprint density at radius 2 is 0.862 bits per heavy atom. The van der Waals surface area contributed by atoms with Crippen LogP contribution >= 0.6 is 0 Å². The number of pyridine rings is 1. The van der Waals surface area contributed by atoms with E-state index in [2.05, 4.69) is 373 Å². The van der Waals surface area contributed by atoms with Crippen LogP contribution in [0.2, 0.25) is 0 Å². The van der Waals surface area contributed by atoms with Crippen molar-refractivity contribution in [1.29, 1.82) is 0 Å². The zero-order valence-electron chi connectivity index (χ0n) is 63.8. The lowest BCUT2D eigenvalue weighted by atomic mass is 9.78. The number of ether oxygens (including phenoxy) is 1. The van der Waals surface area contributed by atoms with Crippen LogP contribution < -0.4 is 9.30 Å². The lowest BCUT2D eigenvalue weighted by Gasteiger charge is -2.27. The third kappa shape index (κ3) is 12.0. The van der Waals surface area contributed by atoms with Crippen LogP contribution in [-0.4, -0.2) is 23.3 Å². The smallest absolute Gasteiger partial charge is 0.269 e. The molecule has 8 heteroatoms. The molecule has 13 aromatic carbocycles. The number of hydrogen-bond donors (Lipinski definition) is 0. The Morgan fingerprint density at radius 1 is 0.349 bits per heavy atom. The van der Waals surface area contributed by atoms with Crippen molar-refractivity contribution in [2.24, 2.45) is 0 Å². The molecule has 8 nitrogen and oxygen atoms in total. The second kappa shape index (κ2) is 25.7. The van der Waals surface area contributed by atoms with E-state index in [-0.39, 0.29) is 21.7 Å². The number of para-hydroxylation sites is 7. The minimum atomic E-state index is -0.0797. The monoisotopic (exact) mass is 1410 g/mol. The van der Waals surface area contributed by atoms with Crippen molar-refractivity contribution in [3.05, 3.63) is 337 Å². The lowest BCUT2D eigenvalue weighted by molar-refractivity contribution is -0.571. The standard InChI is InChI=1S/C101H85N7O/c1-98(2,3)71-51-69(52-72(56-71)99(4,5)6)67-48-66(49-68(50-67)70-53-73(100(7,8)9)57-74(54-70)101(10,11)12)65-42-46-91-86(55-65)84-45-44-78(109-79-59-75(102-13)58-77(60-79)104-63-105(93-40-26-25-39-92(93)104)87-35-21-17-30-80(87)64-28-15-14-16-29-64)61-95(84)108(91)96-47-43-76(62-103-96)106-88-36-22-20-33-83(88)85-34-27-41-94(97(85)106)107-89-37-23-18-31-81(89)82-32-19-24-38-90(82)107/h14-62H,1-12H3. The van der Waals surface area contributed by atoms with Gasteiger partial charge < -0.3 is 13.9 Å². The molecule has 0 aliphatic carbocycles. The van der Waals surface area contributed by atoms with Crippen molar-refractivity contribution in [3.8, 4) is 84.6 Å². The van der Waals surface area contributed by atoms with Gasteiger partial charge in [-0.05, 0) is 192 Å². The molecule has 0 spiro atoms. The van der Waals surface area contributed by atoms with E-state index in [0.29, 0.717) is 17.2 Å². The second-order valence-electron chi connectivity index (χ2n) is 33.5. The zero-order valence-corrected chi connectivity index (χ0v) is 63.8. The Kier molecular flexibility index (Phi) is 16.0. The number of hydrogen-bond acceptors (Lipinski definition) is 2. The molecule has 0 N–H and O–H groups in total. The van der Waals surface area contributed by atoms with Gasteiger partial charge in [0.15, 0.2) is 5.69 Å². The molecule has 0 saturated carbocycles. The number of benzene rings is 13. The van der Waals surface area contributed by atoms with Crippen LogP contribution in [0, 0.1) is 12.9 Å². The van der Waals surface area contributed by atoms with Gasteiger partial charge in [-0.25, -0.2) is 9.83 Å². The van der Waals surface area contributed by atoms with Crippen LogP contribution in [0.3, 0.4) is 0 Å². The number of nitrogens with zero attached hydrogens (tertiary/aromatic N) is 7. The van der Waals surface area contributed by atoms with Crippen LogP contribution in [-0.2, 0) is 21.7 Å². The molecule has 109 heavy (non-hydrogen) atoms. The molecule has 0 atom stereocenters. The third-order valence-electron chi connectivity index (χ3n) is 22.0. The summed E-state index contributed by atoms with van der Waals surface area (Å²) >= 11 is 0. The first-order valence-electron chi connectivity index (χ1n) is 37.8. The van der Waals surface area contributed by atoms with E-state index < -0.39 is 0 Å². The Bertz CT molecular complexity index is 6530. The minimum absolute atomic E-state index is 0.0797. The summed E-state index contributed by atoms with van der Waals surface area (Å²) in [5, 5.41) is 6.85. The van der Waals surface area contributed by atoms with E-state index in [1.54, 1.807) is 0 Å². The van der Waals surface area contributed by atoms with Crippen LogP contribution in [0.25, 0.3) is 154 Å². The van der Waals surface area contributed by atoms with Crippen molar-refractivity contribution in [2.75, 3.05) is 0 Å². The second-order valence-corrected chi connectivity index (χ2v) is 33.5. The van der Waals surface area contributed by atoms with Gasteiger partial charge >= 0.3 is 0 Å². The summed E-state index contributed by atoms with van der Waals surface area (Å²) in [5.41, 5.74) is 26.6. The van der Waals surface area contributed by atoms with Crippen LogP contribution in [0.5, 0.6) is 11.5 Å². The third-order valence-corrected chi connectivity index (χ3v) is 22.0. The van der Waals surface area contributed by atoms with E-state index in [1.807, 2.05) is 41.1 Å². The summed E-state index contributed by atoms with van der Waals surface area (Å²) < 4.78 is 18.4. The van der Waals surface area contributed by atoms with E-state index in [9.17, 15) is 0 Å². The highest BCUT2D eigenvalue weighted by atomic mass is 16.5. The Labute approximate surface area is 637 Å². The SMILES string of the molecule is [C-]#[N+]c1cc(Oc2ccc3c4cc(-c5cc(-c6cc(C(C)(C)C)cc(C(C)(C)C)c6)cc(-c6cc(C(C)(C)C)cc(C(C)(C)C)c6)c5)ccc4n(-c4ccc(-n5c6ccccc6c6cccc(-n7c8ccccc8c8ccccc87)c65)cn4)c3c2)cc(-n2[c-][n+](-c3ccccc3-c3ccccc3)c3ccccc32)c1. The molecule has 5 aromatic heterocycles. The van der Waals surface area contributed by atoms with Crippen LogP contribution in [0.4, 0.5) is 5.69 Å². The summed E-state index contributed by atoms with van der Waals surface area (Å²) in [6.07, 6.45) is 5.76. The highest BCUT2D eigenvalue weighted by Crippen LogP contribution is 2.46. The first-order valence-corrected chi connectivity index (χ1v) is 37.8. The maximum atomic E-state index is 8.48. The number of fused-ring (bicyclic) bond motifs is 10. The van der Waals surface area contributed by atoms with Crippen molar-refractivity contribution in [3.63, 3.8) is 0 Å². The molecule has 0 fully saturated rings. The van der Waals surface area contributed by atoms with Gasteiger partial charge in [-0.2, -0.15) is 0 Å². The van der Waals surface area contributed by atoms with E-state index >= 15 is 0 Å². The Morgan fingerprint density at radius 3 is 1.46 bits per heavy atom. The Hall–Kier alpha value is -12.8. The quantitative estimate of drug-likeness (QED) is 0.0957. The van der Waals surface area contributed by atoms with Gasteiger partial charge in [-0.3, -0.25) is 13.7 Å². The molecule has 0 radical (unpaired) electrons. The van der Waals surface area contributed by atoms with E-state index in [1.165, 1.54) is 55.3 Å². The van der Waals surface area contributed by atoms with Gasteiger partial charge in [0, 0.05) is 38.4 Å². The molecule has 5 heterocycles. The van der Waals surface area contributed by atoms with Crippen LogP contribution in [0.15, 0.2) is 297 Å². The maximum absolute atomic E-state index is 8.48. The fourth-order valence-electron chi connectivity index (χ4n) is 16.1. The molecule has 0 aliphatic rings. The number of imidazole rings is 1. The van der Waals surface area contributed by atoms with Gasteiger partial charge in [0.25, 0.3) is 6.33 Å². The van der Waals surface area contributed by atoms with Gasteiger partial charge in [-0.1, -0.05) is 265 Å². The van der Waals surface area contributed by atoms with Crippen molar-refractivity contribution >= 4 is 82.1 Å². The van der Waals surface area contributed by atoms with Gasteiger partial charge in [0.1, 0.15) is 17.3 Å². The van der Waals surface area contributed by atoms with Crippen LogP contribution in [0.1, 0.15) is 105 Å². The predicted octanol–water partition coefficient (Wildman–Crippen LogP) is 26.6. The molecule has 0 saturated heterocycles. The molecule has 0 aliphatic heterocycles. The van der Waals surface area contributed by atoms with Gasteiger partial charge in [0.2, 0.25) is 0 Å². The largest absolute Gasteiger partial charge is 0.459 e. The lowest BCUT2D eigenvalue weighted by Crippen LogP contribution is -2.30. The fourth-order valence-corrected chi connectivity index (χ4v) is 16.1. The van der Waals surface area contributed by atoms with Crippen molar-refractivity contribution < 1.29 is 9.30 Å². The molecular weight excluding hydrogens is 1330 g/mol. The molecule has 530 valence electrons. The maximum Gasteiger partial charge on any atom is 0.269 e. The molecule has 18 aromatic rings. The number of rotatable bonds is 11. The first kappa shape index (κ1) is 68.0. The molecule has 18 rings (SSSR count). The molecule has 0 unspecified atom stereocenters. The topological polar surface area (TPSA) is 50.1 Å². The zero-order chi connectivity index (χ0) is 75.0. The molecule has 0 bridgehead atoms. The van der Waals surface area contributed by atoms with E-state index in [0.717, 1.165) is 116 Å². The normalized spacial score (nSPS) is 12.4. The summed E-state index contributed by atoms with van der Waals surface area (Å²) in [4.78, 5) is 9.60. The summed E-state index contributed by atoms with van der Waals surface area (Å²) in [6, 6.07) is 105. The average Bonchev–Trinajstić information content (AvgIpc) is 1.49.